The Morgan fingerprint density at radius 2 is 1.81 bits per heavy atom. The molecule has 1 fully saturated rings. The number of aliphatic hydroxyl groups is 2. The minimum Gasteiger partial charge on any atom is -0.395 e. The maximum Gasteiger partial charge on any atom is 0.294 e. The predicted molar refractivity (Wildman–Crippen MR) is 80.9 cm³/mol. The quantitative estimate of drug-likeness (QED) is 0.576. The zero-order chi connectivity index (χ0) is 15.2. The van der Waals surface area contributed by atoms with Crippen LogP contribution in [-0.4, -0.2) is 54.5 Å². The van der Waals surface area contributed by atoms with E-state index in [0.717, 1.165) is 25.9 Å². The fraction of sp³-hybridized carbons (Fsp3) is 0.571. The van der Waals surface area contributed by atoms with Gasteiger partial charge in [-0.15, -0.1) is 0 Å². The van der Waals surface area contributed by atoms with E-state index in [4.69, 9.17) is 10.2 Å². The van der Waals surface area contributed by atoms with Crippen molar-refractivity contribution < 1.29 is 15.1 Å². The van der Waals surface area contributed by atoms with Crippen LogP contribution in [0.2, 0.25) is 0 Å². The van der Waals surface area contributed by atoms with Crippen LogP contribution in [0.15, 0.2) is 18.2 Å². The van der Waals surface area contributed by atoms with Crippen LogP contribution < -0.4 is 9.80 Å². The molecule has 116 valence electrons. The minimum atomic E-state index is -0.368. The average Bonchev–Trinajstić information content (AvgIpc) is 3.00. The topological polar surface area (TPSA) is 90.1 Å². The van der Waals surface area contributed by atoms with Crippen molar-refractivity contribution in [2.75, 3.05) is 49.2 Å². The Labute approximate surface area is 123 Å². The lowest BCUT2D eigenvalue weighted by Gasteiger charge is -2.24. The first-order valence-corrected chi connectivity index (χ1v) is 7.17. The molecule has 0 bridgehead atoms. The molecule has 0 radical (unpaired) electrons. The monoisotopic (exact) mass is 295 g/mol. The molecule has 0 spiro atoms. The summed E-state index contributed by atoms with van der Waals surface area (Å²) in [6.07, 6.45) is 2.11. The van der Waals surface area contributed by atoms with E-state index in [9.17, 15) is 10.1 Å². The highest BCUT2D eigenvalue weighted by Gasteiger charge is 2.23. The van der Waals surface area contributed by atoms with Gasteiger partial charge in [-0.25, -0.2) is 0 Å². The van der Waals surface area contributed by atoms with Crippen molar-refractivity contribution in [2.24, 2.45) is 0 Å². The number of hydrogen-bond acceptors (Lipinski definition) is 6. The Balaban J connectivity index is 2.32. The second kappa shape index (κ2) is 7.24. The molecular weight excluding hydrogens is 274 g/mol. The third-order valence-electron chi connectivity index (χ3n) is 3.71. The highest BCUT2D eigenvalue weighted by atomic mass is 16.6. The van der Waals surface area contributed by atoms with Gasteiger partial charge in [-0.05, 0) is 25.0 Å². The number of hydrogen-bond donors (Lipinski definition) is 2. The Morgan fingerprint density at radius 3 is 2.33 bits per heavy atom. The normalized spacial score (nSPS) is 14.5. The molecule has 0 unspecified atom stereocenters. The zero-order valence-corrected chi connectivity index (χ0v) is 11.9. The van der Waals surface area contributed by atoms with Gasteiger partial charge in [0, 0.05) is 37.9 Å². The molecule has 0 saturated carbocycles. The van der Waals surface area contributed by atoms with E-state index in [1.807, 2.05) is 11.0 Å². The van der Waals surface area contributed by atoms with Crippen molar-refractivity contribution in [2.45, 2.75) is 12.8 Å². The largest absolute Gasteiger partial charge is 0.395 e. The molecule has 2 rings (SSSR count). The van der Waals surface area contributed by atoms with Crippen molar-refractivity contribution in [3.8, 4) is 0 Å². The first kappa shape index (κ1) is 15.5. The molecular formula is C14H21N3O4. The van der Waals surface area contributed by atoms with Gasteiger partial charge in [-0.1, -0.05) is 0 Å². The van der Waals surface area contributed by atoms with Gasteiger partial charge in [0.25, 0.3) is 5.69 Å². The molecule has 0 amide bonds. The molecule has 7 nitrogen and oxygen atoms in total. The second-order valence-corrected chi connectivity index (χ2v) is 5.06. The van der Waals surface area contributed by atoms with Crippen molar-refractivity contribution in [1.29, 1.82) is 0 Å². The fourth-order valence-electron chi connectivity index (χ4n) is 2.69. The molecule has 1 aromatic rings. The number of nitro benzene ring substituents is 1. The van der Waals surface area contributed by atoms with Crippen LogP contribution in [0.4, 0.5) is 17.1 Å². The first-order valence-electron chi connectivity index (χ1n) is 7.17. The lowest BCUT2D eigenvalue weighted by molar-refractivity contribution is -0.384. The molecule has 0 aromatic heterocycles. The highest BCUT2D eigenvalue weighted by molar-refractivity contribution is 5.70. The number of benzene rings is 1. The van der Waals surface area contributed by atoms with E-state index >= 15 is 0 Å². The van der Waals surface area contributed by atoms with Crippen molar-refractivity contribution >= 4 is 17.1 Å². The summed E-state index contributed by atoms with van der Waals surface area (Å²) >= 11 is 0. The molecule has 2 N–H and O–H groups in total. The summed E-state index contributed by atoms with van der Waals surface area (Å²) in [7, 11) is 0. The van der Waals surface area contributed by atoms with E-state index in [1.165, 1.54) is 6.07 Å². The van der Waals surface area contributed by atoms with Gasteiger partial charge in [-0.2, -0.15) is 0 Å². The van der Waals surface area contributed by atoms with Gasteiger partial charge in [-0.3, -0.25) is 10.1 Å². The lowest BCUT2D eigenvalue weighted by atomic mass is 10.2. The maximum absolute atomic E-state index is 11.3. The number of anilines is 2. The minimum absolute atomic E-state index is 0.0678. The van der Waals surface area contributed by atoms with E-state index in [2.05, 4.69) is 0 Å². The van der Waals surface area contributed by atoms with Gasteiger partial charge in [0.2, 0.25) is 0 Å². The number of nitro groups is 1. The summed E-state index contributed by atoms with van der Waals surface area (Å²) < 4.78 is 0. The second-order valence-electron chi connectivity index (χ2n) is 5.06. The van der Waals surface area contributed by atoms with Crippen LogP contribution in [0.1, 0.15) is 12.8 Å². The summed E-state index contributed by atoms with van der Waals surface area (Å²) in [6.45, 7) is 2.22. The first-order chi connectivity index (χ1) is 10.2. The van der Waals surface area contributed by atoms with E-state index in [0.29, 0.717) is 24.5 Å². The van der Waals surface area contributed by atoms with Crippen LogP contribution in [-0.2, 0) is 0 Å². The third kappa shape index (κ3) is 3.62. The predicted octanol–water partition coefficient (Wildman–Crippen LogP) is 0.986. The van der Waals surface area contributed by atoms with Crippen LogP contribution in [0.5, 0.6) is 0 Å². The highest BCUT2D eigenvalue weighted by Crippen LogP contribution is 2.34. The molecule has 1 aliphatic rings. The van der Waals surface area contributed by atoms with Gasteiger partial charge in [0.15, 0.2) is 0 Å². The molecule has 7 heteroatoms. The van der Waals surface area contributed by atoms with E-state index < -0.39 is 0 Å². The summed E-state index contributed by atoms with van der Waals surface area (Å²) in [5, 5.41) is 29.5. The third-order valence-corrected chi connectivity index (χ3v) is 3.71. The smallest absolute Gasteiger partial charge is 0.294 e. The lowest BCUT2D eigenvalue weighted by Crippen LogP contribution is -2.29. The Kier molecular flexibility index (Phi) is 5.35. The van der Waals surface area contributed by atoms with Crippen molar-refractivity contribution in [1.82, 2.24) is 0 Å². The van der Waals surface area contributed by atoms with Crippen LogP contribution in [0, 0.1) is 10.1 Å². The molecule has 1 heterocycles. The van der Waals surface area contributed by atoms with Crippen LogP contribution in [0.3, 0.4) is 0 Å². The SMILES string of the molecule is O=[N+]([O-])c1cc(N(CCO)CCO)ccc1N1CCCC1. The zero-order valence-electron chi connectivity index (χ0n) is 11.9. The summed E-state index contributed by atoms with van der Waals surface area (Å²) in [5.74, 6) is 0. The number of rotatable bonds is 7. The maximum atomic E-state index is 11.3. The Morgan fingerprint density at radius 1 is 1.19 bits per heavy atom. The number of aliphatic hydroxyl groups excluding tert-OH is 2. The van der Waals surface area contributed by atoms with Crippen LogP contribution in [0.25, 0.3) is 0 Å². The fourth-order valence-corrected chi connectivity index (χ4v) is 2.69. The van der Waals surface area contributed by atoms with Crippen molar-refractivity contribution in [3.05, 3.63) is 28.3 Å². The van der Waals surface area contributed by atoms with Crippen LogP contribution >= 0.6 is 0 Å². The Hall–Kier alpha value is -1.86. The summed E-state index contributed by atoms with van der Waals surface area (Å²) in [4.78, 5) is 14.7. The molecule has 21 heavy (non-hydrogen) atoms. The van der Waals surface area contributed by atoms with E-state index in [-0.39, 0.29) is 23.8 Å². The van der Waals surface area contributed by atoms with Gasteiger partial charge in [0.1, 0.15) is 5.69 Å². The van der Waals surface area contributed by atoms with Gasteiger partial charge < -0.3 is 20.0 Å². The number of nitrogens with zero attached hydrogens (tertiary/aromatic N) is 3. The summed E-state index contributed by atoms with van der Waals surface area (Å²) in [5.41, 5.74) is 1.37. The van der Waals surface area contributed by atoms with E-state index in [1.54, 1.807) is 11.0 Å². The Bertz CT molecular complexity index is 483. The van der Waals surface area contributed by atoms with Crippen molar-refractivity contribution in [3.63, 3.8) is 0 Å². The average molecular weight is 295 g/mol. The molecule has 1 aromatic carbocycles. The molecule has 1 aliphatic heterocycles. The molecule has 0 atom stereocenters. The van der Waals surface area contributed by atoms with Gasteiger partial charge in [0.05, 0.1) is 18.1 Å². The van der Waals surface area contributed by atoms with Gasteiger partial charge >= 0.3 is 0 Å². The molecule has 1 saturated heterocycles. The standard InChI is InChI=1S/C14H21N3O4/c18-9-7-15(8-10-19)12-3-4-13(14(11-12)17(20)21)16-5-1-2-6-16/h3-4,11,18-19H,1-2,5-10H2. The summed E-state index contributed by atoms with van der Waals surface area (Å²) in [6, 6.07) is 5.10. The molecule has 0 aliphatic carbocycles.